The van der Waals surface area contributed by atoms with Crippen LogP contribution in [0.25, 0.3) is 11.0 Å². The van der Waals surface area contributed by atoms with Gasteiger partial charge in [0.05, 0.1) is 0 Å². The third-order valence-corrected chi connectivity index (χ3v) is 3.58. The molecule has 2 heteroatoms. The first-order valence-corrected chi connectivity index (χ1v) is 6.99. The van der Waals surface area contributed by atoms with E-state index < -0.39 is 0 Å². The van der Waals surface area contributed by atoms with E-state index in [-0.39, 0.29) is 0 Å². The Morgan fingerprint density at radius 1 is 1.22 bits per heavy atom. The number of furan rings is 1. The van der Waals surface area contributed by atoms with Crippen molar-refractivity contribution >= 4 is 11.0 Å². The number of benzene rings is 1. The van der Waals surface area contributed by atoms with E-state index in [2.05, 4.69) is 37.4 Å². The average Bonchev–Trinajstić information content (AvgIpc) is 2.79. The molecule has 2 nitrogen and oxygen atoms in total. The smallest absolute Gasteiger partial charge is 0.134 e. The van der Waals surface area contributed by atoms with Crippen molar-refractivity contribution < 1.29 is 4.42 Å². The minimum atomic E-state index is 0.406. The van der Waals surface area contributed by atoms with E-state index in [4.69, 9.17) is 4.42 Å². The van der Waals surface area contributed by atoms with Crippen molar-refractivity contribution in [2.75, 3.05) is 7.05 Å². The highest BCUT2D eigenvalue weighted by Crippen LogP contribution is 2.33. The highest BCUT2D eigenvalue weighted by Gasteiger charge is 2.19. The summed E-state index contributed by atoms with van der Waals surface area (Å²) in [4.78, 5) is 0. The van der Waals surface area contributed by atoms with Crippen LogP contribution in [0.15, 0.2) is 28.7 Å². The fourth-order valence-electron chi connectivity index (χ4n) is 2.60. The fourth-order valence-corrected chi connectivity index (χ4v) is 2.60. The highest BCUT2D eigenvalue weighted by molar-refractivity contribution is 5.82. The zero-order valence-corrected chi connectivity index (χ0v) is 11.6. The molecule has 0 amide bonds. The predicted molar refractivity (Wildman–Crippen MR) is 76.9 cm³/mol. The molecule has 0 spiro atoms. The Balaban J connectivity index is 2.45. The van der Waals surface area contributed by atoms with Crippen molar-refractivity contribution in [2.24, 2.45) is 0 Å². The molecule has 2 aromatic rings. The second-order valence-corrected chi connectivity index (χ2v) is 4.77. The molecule has 1 N–H and O–H groups in total. The monoisotopic (exact) mass is 245 g/mol. The summed E-state index contributed by atoms with van der Waals surface area (Å²) in [6.07, 6.45) is 4.60. The van der Waals surface area contributed by atoms with Crippen LogP contribution in [0.4, 0.5) is 0 Å². The number of hydrogen-bond acceptors (Lipinski definition) is 2. The first kappa shape index (κ1) is 13.2. The van der Waals surface area contributed by atoms with Crippen molar-refractivity contribution in [3.05, 3.63) is 35.6 Å². The van der Waals surface area contributed by atoms with Gasteiger partial charge in [-0.1, -0.05) is 44.9 Å². The Morgan fingerprint density at radius 2 is 2.00 bits per heavy atom. The summed E-state index contributed by atoms with van der Waals surface area (Å²) in [5, 5.41) is 4.71. The van der Waals surface area contributed by atoms with Gasteiger partial charge in [0, 0.05) is 23.4 Å². The van der Waals surface area contributed by atoms with Gasteiger partial charge in [-0.2, -0.15) is 0 Å². The average molecular weight is 245 g/mol. The second-order valence-electron chi connectivity index (χ2n) is 4.77. The Labute approximate surface area is 109 Å². The van der Waals surface area contributed by atoms with Gasteiger partial charge in [0.25, 0.3) is 0 Å². The molecular formula is C16H23NO. The molecule has 0 aliphatic carbocycles. The van der Waals surface area contributed by atoms with E-state index >= 15 is 0 Å². The van der Waals surface area contributed by atoms with Crippen molar-refractivity contribution in [1.82, 2.24) is 5.32 Å². The van der Waals surface area contributed by atoms with Crippen LogP contribution in [-0.4, -0.2) is 7.05 Å². The number of unbranched alkanes of at least 4 members (excludes halogenated alkanes) is 1. The molecule has 18 heavy (non-hydrogen) atoms. The standard InChI is InChI=1S/C16H23NO/c1-4-6-10-13(17-3)16-12-9-7-8-11-15(12)18-14(16)5-2/h7-9,11,13,17H,4-6,10H2,1-3H3. The summed E-state index contributed by atoms with van der Waals surface area (Å²) in [5.74, 6) is 1.13. The van der Waals surface area contributed by atoms with Gasteiger partial charge in [-0.3, -0.25) is 0 Å². The third kappa shape index (κ3) is 2.44. The van der Waals surface area contributed by atoms with E-state index in [1.807, 2.05) is 13.1 Å². The summed E-state index contributed by atoms with van der Waals surface area (Å²) in [5.41, 5.74) is 2.38. The molecule has 0 aliphatic rings. The number of fused-ring (bicyclic) bond motifs is 1. The van der Waals surface area contributed by atoms with Crippen LogP contribution in [0, 0.1) is 0 Å². The van der Waals surface area contributed by atoms with Gasteiger partial charge in [0.15, 0.2) is 0 Å². The van der Waals surface area contributed by atoms with E-state index in [1.165, 1.54) is 30.2 Å². The minimum Gasteiger partial charge on any atom is -0.461 e. The molecule has 0 fully saturated rings. The summed E-state index contributed by atoms with van der Waals surface area (Å²) >= 11 is 0. The minimum absolute atomic E-state index is 0.406. The molecule has 0 radical (unpaired) electrons. The van der Waals surface area contributed by atoms with E-state index in [1.54, 1.807) is 0 Å². The van der Waals surface area contributed by atoms with Crippen LogP contribution in [0.2, 0.25) is 0 Å². The zero-order valence-electron chi connectivity index (χ0n) is 11.6. The highest BCUT2D eigenvalue weighted by atomic mass is 16.3. The zero-order chi connectivity index (χ0) is 13.0. The van der Waals surface area contributed by atoms with Gasteiger partial charge in [-0.05, 0) is 19.5 Å². The van der Waals surface area contributed by atoms with Crippen molar-refractivity contribution in [3.63, 3.8) is 0 Å². The Bertz CT molecular complexity index is 501. The van der Waals surface area contributed by atoms with Gasteiger partial charge in [-0.25, -0.2) is 0 Å². The SMILES string of the molecule is CCCCC(NC)c1c(CC)oc2ccccc12. The number of aryl methyl sites for hydroxylation is 1. The van der Waals surface area contributed by atoms with Gasteiger partial charge in [0.2, 0.25) is 0 Å². The molecule has 1 heterocycles. The summed E-state index contributed by atoms with van der Waals surface area (Å²) in [6.45, 7) is 4.40. The first-order chi connectivity index (χ1) is 8.81. The summed E-state index contributed by atoms with van der Waals surface area (Å²) < 4.78 is 5.97. The molecule has 2 rings (SSSR count). The Morgan fingerprint density at radius 3 is 2.67 bits per heavy atom. The summed E-state index contributed by atoms with van der Waals surface area (Å²) in [7, 11) is 2.04. The Kier molecular flexibility index (Phi) is 4.43. The third-order valence-electron chi connectivity index (χ3n) is 3.58. The van der Waals surface area contributed by atoms with E-state index in [0.29, 0.717) is 6.04 Å². The van der Waals surface area contributed by atoms with E-state index in [0.717, 1.165) is 17.8 Å². The van der Waals surface area contributed by atoms with Gasteiger partial charge in [-0.15, -0.1) is 0 Å². The first-order valence-electron chi connectivity index (χ1n) is 6.99. The second kappa shape index (κ2) is 6.05. The van der Waals surface area contributed by atoms with Crippen molar-refractivity contribution in [1.29, 1.82) is 0 Å². The molecular weight excluding hydrogens is 222 g/mol. The van der Waals surface area contributed by atoms with Crippen molar-refractivity contribution in [2.45, 2.75) is 45.6 Å². The lowest BCUT2D eigenvalue weighted by molar-refractivity contribution is 0.493. The molecule has 98 valence electrons. The lowest BCUT2D eigenvalue weighted by Crippen LogP contribution is -2.17. The molecule has 1 unspecified atom stereocenters. The van der Waals surface area contributed by atoms with Gasteiger partial charge < -0.3 is 9.73 Å². The van der Waals surface area contributed by atoms with Crippen LogP contribution >= 0.6 is 0 Å². The summed E-state index contributed by atoms with van der Waals surface area (Å²) in [6, 6.07) is 8.76. The van der Waals surface area contributed by atoms with E-state index in [9.17, 15) is 0 Å². The van der Waals surface area contributed by atoms with Crippen molar-refractivity contribution in [3.8, 4) is 0 Å². The Hall–Kier alpha value is -1.28. The number of para-hydroxylation sites is 1. The number of rotatable bonds is 6. The van der Waals surface area contributed by atoms with Gasteiger partial charge >= 0.3 is 0 Å². The maximum Gasteiger partial charge on any atom is 0.134 e. The largest absolute Gasteiger partial charge is 0.461 e. The quantitative estimate of drug-likeness (QED) is 0.813. The van der Waals surface area contributed by atoms with Crippen LogP contribution in [0.5, 0.6) is 0 Å². The maximum atomic E-state index is 5.97. The predicted octanol–water partition coefficient (Wildman–Crippen LogP) is 4.45. The number of nitrogens with one attached hydrogen (secondary N) is 1. The van der Waals surface area contributed by atoms with Gasteiger partial charge in [0.1, 0.15) is 11.3 Å². The normalized spacial score (nSPS) is 13.1. The van der Waals surface area contributed by atoms with Crippen LogP contribution in [0.3, 0.4) is 0 Å². The molecule has 0 saturated carbocycles. The molecule has 0 aliphatic heterocycles. The molecule has 1 atom stereocenters. The van der Waals surface area contributed by atoms with Crippen LogP contribution < -0.4 is 5.32 Å². The lowest BCUT2D eigenvalue weighted by Gasteiger charge is -2.16. The molecule has 0 saturated heterocycles. The molecule has 1 aromatic heterocycles. The molecule has 1 aromatic carbocycles. The fraction of sp³-hybridized carbons (Fsp3) is 0.500. The van der Waals surface area contributed by atoms with Crippen LogP contribution in [-0.2, 0) is 6.42 Å². The lowest BCUT2D eigenvalue weighted by atomic mass is 9.97. The van der Waals surface area contributed by atoms with Crippen LogP contribution in [0.1, 0.15) is 50.5 Å². The number of hydrogen-bond donors (Lipinski definition) is 1. The maximum absolute atomic E-state index is 5.97. The molecule has 0 bridgehead atoms. The topological polar surface area (TPSA) is 25.2 Å².